The summed E-state index contributed by atoms with van der Waals surface area (Å²) in [5, 5.41) is 0. The first-order valence-electron chi connectivity index (χ1n) is 31.3. The van der Waals surface area contributed by atoms with Crippen molar-refractivity contribution in [1.82, 2.24) is 0 Å². The molecule has 0 radical (unpaired) electrons. The predicted octanol–water partition coefficient (Wildman–Crippen LogP) is 21.2. The quantitative estimate of drug-likeness (QED) is 0.0261. The zero-order valence-electron chi connectivity index (χ0n) is 47.9. The molecule has 6 heteroatoms. The molecule has 0 aromatic heterocycles. The summed E-state index contributed by atoms with van der Waals surface area (Å²) in [4.78, 5) is 38.3. The van der Waals surface area contributed by atoms with Crippen molar-refractivity contribution in [2.45, 2.75) is 329 Å². The number of unbranched alkanes of at least 4 members (excludes halogenated alkanes) is 36. The highest BCUT2D eigenvalue weighted by Crippen LogP contribution is 2.17. The van der Waals surface area contributed by atoms with Crippen LogP contribution in [0.15, 0.2) is 60.8 Å². The van der Waals surface area contributed by atoms with E-state index in [1.54, 1.807) is 0 Å². The van der Waals surface area contributed by atoms with Crippen LogP contribution in [0.4, 0.5) is 0 Å². The molecule has 0 saturated heterocycles. The minimum Gasteiger partial charge on any atom is -0.462 e. The van der Waals surface area contributed by atoms with Crippen LogP contribution in [0, 0.1) is 0 Å². The Morgan fingerprint density at radius 1 is 0.278 bits per heavy atom. The van der Waals surface area contributed by atoms with Crippen LogP contribution in [-0.4, -0.2) is 37.2 Å². The Bertz CT molecular complexity index is 1290. The van der Waals surface area contributed by atoms with Gasteiger partial charge in [0, 0.05) is 19.3 Å². The molecule has 0 aliphatic rings. The Morgan fingerprint density at radius 2 is 0.500 bits per heavy atom. The first-order valence-corrected chi connectivity index (χ1v) is 31.3. The lowest BCUT2D eigenvalue weighted by molar-refractivity contribution is -0.167. The second-order valence-electron chi connectivity index (χ2n) is 21.0. The lowest BCUT2D eigenvalue weighted by atomic mass is 10.0. The van der Waals surface area contributed by atoms with Gasteiger partial charge in [-0.3, -0.25) is 14.4 Å². The van der Waals surface area contributed by atoms with E-state index >= 15 is 0 Å². The van der Waals surface area contributed by atoms with Crippen LogP contribution in [0.2, 0.25) is 0 Å². The standard InChI is InChI=1S/C66H118O6/c1-4-7-10-13-16-19-22-25-28-31-33-35-38-41-44-47-50-53-56-59-65(68)71-62-63(61-70-64(67)58-55-52-49-46-43-40-37-30-27-24-21-18-15-12-9-6-3)72-66(69)60-57-54-51-48-45-42-39-36-34-32-29-26-23-20-17-14-11-8-5-2/h16-17,19-20,25-26,28-29,33,35,63H,4-15,18,21-24,27,30-32,34,36-62H2,1-3H3/b19-16-,20-17-,28-25-,29-26-,35-33-/t63-/m1/s1. The number of allylic oxidation sites excluding steroid dienone is 10. The van der Waals surface area contributed by atoms with E-state index < -0.39 is 6.10 Å². The Morgan fingerprint density at radius 3 is 0.806 bits per heavy atom. The summed E-state index contributed by atoms with van der Waals surface area (Å²) in [6.45, 7) is 6.62. The SMILES string of the molecule is CCCCC/C=C\C/C=C\C/C=C\CCCCCCCCC(=O)OC[C@@H](COC(=O)CCCCCCCCCCCCCCCCCC)OC(=O)CCCCCCCCCCC/C=C\C/C=C\CCCCC. The van der Waals surface area contributed by atoms with Crippen molar-refractivity contribution in [3.63, 3.8) is 0 Å². The average Bonchev–Trinajstić information content (AvgIpc) is 3.38. The Kier molecular flexibility index (Phi) is 58.2. The van der Waals surface area contributed by atoms with E-state index in [9.17, 15) is 14.4 Å². The van der Waals surface area contributed by atoms with Crippen molar-refractivity contribution in [3.05, 3.63) is 60.8 Å². The molecule has 6 nitrogen and oxygen atoms in total. The van der Waals surface area contributed by atoms with Crippen molar-refractivity contribution in [1.29, 1.82) is 0 Å². The molecule has 0 aromatic rings. The Hall–Kier alpha value is -2.89. The summed E-state index contributed by atoms with van der Waals surface area (Å²) in [6, 6.07) is 0. The second-order valence-corrected chi connectivity index (χ2v) is 21.0. The fourth-order valence-corrected chi connectivity index (χ4v) is 9.01. The summed E-state index contributed by atoms with van der Waals surface area (Å²) in [5.74, 6) is -0.877. The maximum absolute atomic E-state index is 12.9. The molecule has 0 fully saturated rings. The molecule has 0 rings (SSSR count). The van der Waals surface area contributed by atoms with Gasteiger partial charge in [-0.05, 0) is 89.9 Å². The van der Waals surface area contributed by atoms with Gasteiger partial charge in [-0.25, -0.2) is 0 Å². The Balaban J connectivity index is 4.38. The van der Waals surface area contributed by atoms with Crippen molar-refractivity contribution >= 4 is 17.9 Å². The van der Waals surface area contributed by atoms with Gasteiger partial charge in [0.05, 0.1) is 0 Å². The predicted molar refractivity (Wildman–Crippen MR) is 312 cm³/mol. The first-order chi connectivity index (χ1) is 35.5. The van der Waals surface area contributed by atoms with Gasteiger partial charge < -0.3 is 14.2 Å². The van der Waals surface area contributed by atoms with Crippen LogP contribution in [0.1, 0.15) is 323 Å². The number of carbonyl (C=O) groups is 3. The molecule has 0 N–H and O–H groups in total. The summed E-state index contributed by atoms with van der Waals surface area (Å²) in [6.07, 6.45) is 76.4. The summed E-state index contributed by atoms with van der Waals surface area (Å²) in [7, 11) is 0. The van der Waals surface area contributed by atoms with Crippen molar-refractivity contribution in [2.75, 3.05) is 13.2 Å². The van der Waals surface area contributed by atoms with Gasteiger partial charge in [0.15, 0.2) is 6.10 Å². The molecular weight excluding hydrogens is 889 g/mol. The summed E-state index contributed by atoms with van der Waals surface area (Å²) in [5.41, 5.74) is 0. The molecule has 0 aromatic carbocycles. The van der Waals surface area contributed by atoms with Crippen LogP contribution in [0.5, 0.6) is 0 Å². The number of hydrogen-bond acceptors (Lipinski definition) is 6. The van der Waals surface area contributed by atoms with Crippen molar-refractivity contribution in [3.8, 4) is 0 Å². The molecule has 0 saturated carbocycles. The highest BCUT2D eigenvalue weighted by molar-refractivity contribution is 5.71. The van der Waals surface area contributed by atoms with E-state index in [1.165, 1.54) is 199 Å². The van der Waals surface area contributed by atoms with Crippen molar-refractivity contribution in [2.24, 2.45) is 0 Å². The highest BCUT2D eigenvalue weighted by Gasteiger charge is 2.19. The minimum absolute atomic E-state index is 0.0771. The van der Waals surface area contributed by atoms with E-state index in [0.29, 0.717) is 19.3 Å². The maximum Gasteiger partial charge on any atom is 0.306 e. The smallest absolute Gasteiger partial charge is 0.306 e. The van der Waals surface area contributed by atoms with E-state index in [-0.39, 0.29) is 31.1 Å². The molecule has 0 spiro atoms. The lowest BCUT2D eigenvalue weighted by Gasteiger charge is -2.18. The summed E-state index contributed by atoms with van der Waals surface area (Å²) >= 11 is 0. The van der Waals surface area contributed by atoms with Gasteiger partial charge in [-0.1, -0.05) is 274 Å². The summed E-state index contributed by atoms with van der Waals surface area (Å²) < 4.78 is 16.9. The van der Waals surface area contributed by atoms with Gasteiger partial charge in [-0.2, -0.15) is 0 Å². The molecule has 0 bridgehead atoms. The van der Waals surface area contributed by atoms with Gasteiger partial charge in [0.25, 0.3) is 0 Å². The van der Waals surface area contributed by atoms with Crippen LogP contribution in [0.3, 0.4) is 0 Å². The molecule has 0 amide bonds. The van der Waals surface area contributed by atoms with Crippen LogP contribution in [-0.2, 0) is 28.6 Å². The van der Waals surface area contributed by atoms with E-state index in [0.717, 1.165) is 83.5 Å². The number of carbonyl (C=O) groups excluding carboxylic acids is 3. The molecule has 0 unspecified atom stereocenters. The fourth-order valence-electron chi connectivity index (χ4n) is 9.01. The Labute approximate surface area is 447 Å². The topological polar surface area (TPSA) is 78.9 Å². The first kappa shape index (κ1) is 69.1. The van der Waals surface area contributed by atoms with Crippen LogP contribution < -0.4 is 0 Å². The zero-order valence-corrected chi connectivity index (χ0v) is 47.9. The number of rotatable bonds is 57. The molecule has 0 aliphatic carbocycles. The van der Waals surface area contributed by atoms with E-state index in [1.807, 2.05) is 0 Å². The fraction of sp³-hybridized carbons (Fsp3) is 0.803. The van der Waals surface area contributed by atoms with Gasteiger partial charge in [-0.15, -0.1) is 0 Å². The third-order valence-corrected chi connectivity index (χ3v) is 13.7. The van der Waals surface area contributed by atoms with Gasteiger partial charge in [0.2, 0.25) is 0 Å². The van der Waals surface area contributed by atoms with E-state index in [2.05, 4.69) is 81.5 Å². The van der Waals surface area contributed by atoms with Gasteiger partial charge in [0.1, 0.15) is 13.2 Å². The molecule has 0 aliphatic heterocycles. The molecule has 0 heterocycles. The lowest BCUT2D eigenvalue weighted by Crippen LogP contribution is -2.30. The number of hydrogen-bond donors (Lipinski definition) is 0. The molecule has 418 valence electrons. The monoisotopic (exact) mass is 1010 g/mol. The number of ether oxygens (including phenoxy) is 3. The molecule has 1 atom stereocenters. The van der Waals surface area contributed by atoms with E-state index in [4.69, 9.17) is 14.2 Å². The largest absolute Gasteiger partial charge is 0.462 e. The normalized spacial score (nSPS) is 12.4. The maximum atomic E-state index is 12.9. The molecular formula is C66H118O6. The third kappa shape index (κ3) is 58.0. The molecule has 72 heavy (non-hydrogen) atoms. The zero-order chi connectivity index (χ0) is 52.2. The second kappa shape index (κ2) is 60.7. The number of esters is 3. The van der Waals surface area contributed by atoms with Crippen LogP contribution >= 0.6 is 0 Å². The van der Waals surface area contributed by atoms with Gasteiger partial charge >= 0.3 is 17.9 Å². The van der Waals surface area contributed by atoms with Crippen LogP contribution in [0.25, 0.3) is 0 Å². The highest BCUT2D eigenvalue weighted by atomic mass is 16.6. The average molecular weight is 1010 g/mol. The van der Waals surface area contributed by atoms with Crippen molar-refractivity contribution < 1.29 is 28.6 Å². The third-order valence-electron chi connectivity index (χ3n) is 13.7. The minimum atomic E-state index is -0.781.